The maximum absolute atomic E-state index is 12.2. The summed E-state index contributed by atoms with van der Waals surface area (Å²) in [6.07, 6.45) is 2.68. The van der Waals surface area contributed by atoms with Crippen molar-refractivity contribution in [3.05, 3.63) is 11.1 Å². The molecule has 0 aliphatic carbocycles. The Morgan fingerprint density at radius 3 is 2.96 bits per heavy atom. The number of nitrogen functional groups attached to an aromatic ring is 1. The molecule has 1 aromatic heterocycles. The third kappa shape index (κ3) is 3.85. The van der Waals surface area contributed by atoms with Crippen molar-refractivity contribution in [1.29, 1.82) is 0 Å². The second-order valence-electron chi connectivity index (χ2n) is 6.52. The lowest BCUT2D eigenvalue weighted by Crippen LogP contribution is -2.47. The molecule has 3 N–H and O–H groups in total. The van der Waals surface area contributed by atoms with Crippen LogP contribution in [0.2, 0.25) is 0 Å². The Kier molecular flexibility index (Phi) is 5.02. The molecule has 0 aromatic carbocycles. The number of hydrogen-bond acceptors (Lipinski definition) is 7. The van der Waals surface area contributed by atoms with Gasteiger partial charge in [-0.1, -0.05) is 11.3 Å². The van der Waals surface area contributed by atoms with Gasteiger partial charge in [-0.2, -0.15) is 0 Å². The van der Waals surface area contributed by atoms with Gasteiger partial charge >= 0.3 is 0 Å². The first-order valence-corrected chi connectivity index (χ1v) is 8.82. The number of rotatable bonds is 4. The minimum Gasteiger partial charge on any atom is -0.375 e. The van der Waals surface area contributed by atoms with E-state index in [0.29, 0.717) is 29.1 Å². The number of thiazole rings is 1. The molecule has 3 rings (SSSR count). The second kappa shape index (κ2) is 7.04. The SMILES string of the molecule is CN(C)C(=O)C[C@H]1CN2C[C@H](NC(=O)c3cnc(N)s3)C[C@H]2CO1. The number of fused-ring (bicyclic) bond motifs is 1. The van der Waals surface area contributed by atoms with Crippen molar-refractivity contribution in [2.24, 2.45) is 0 Å². The van der Waals surface area contributed by atoms with Gasteiger partial charge in [-0.25, -0.2) is 4.98 Å². The molecule has 0 unspecified atom stereocenters. The third-order valence-corrected chi connectivity index (χ3v) is 5.30. The summed E-state index contributed by atoms with van der Waals surface area (Å²) in [6.45, 7) is 2.11. The van der Waals surface area contributed by atoms with Gasteiger partial charge < -0.3 is 20.7 Å². The molecule has 2 aliphatic rings. The number of aromatic nitrogens is 1. The van der Waals surface area contributed by atoms with Crippen LogP contribution in [0.3, 0.4) is 0 Å². The van der Waals surface area contributed by atoms with E-state index < -0.39 is 0 Å². The first-order valence-electron chi connectivity index (χ1n) is 8.00. The standard InChI is InChI=1S/C15H23N5O3S/c1-19(2)13(21)4-11-7-20-6-9(3-10(20)8-23-11)18-14(22)12-5-17-15(16)24-12/h5,9-11H,3-4,6-8H2,1-2H3,(H2,16,17)(H,18,22)/t9-,10+,11+/m1/s1. The summed E-state index contributed by atoms with van der Waals surface area (Å²) in [7, 11) is 3.50. The fourth-order valence-electron chi connectivity index (χ4n) is 3.20. The maximum Gasteiger partial charge on any atom is 0.263 e. The van der Waals surface area contributed by atoms with Gasteiger partial charge in [0.25, 0.3) is 5.91 Å². The van der Waals surface area contributed by atoms with Crippen LogP contribution in [0.5, 0.6) is 0 Å². The van der Waals surface area contributed by atoms with Gasteiger partial charge in [-0.15, -0.1) is 0 Å². The maximum atomic E-state index is 12.2. The highest BCUT2D eigenvalue weighted by Gasteiger charge is 2.38. The monoisotopic (exact) mass is 353 g/mol. The fraction of sp³-hybridized carbons (Fsp3) is 0.667. The van der Waals surface area contributed by atoms with E-state index in [-0.39, 0.29) is 24.0 Å². The largest absolute Gasteiger partial charge is 0.375 e. The van der Waals surface area contributed by atoms with E-state index >= 15 is 0 Å². The van der Waals surface area contributed by atoms with Crippen LogP contribution in [0, 0.1) is 0 Å². The Morgan fingerprint density at radius 2 is 2.29 bits per heavy atom. The first kappa shape index (κ1) is 17.1. The molecule has 3 heterocycles. The number of hydrogen-bond donors (Lipinski definition) is 2. The summed E-state index contributed by atoms with van der Waals surface area (Å²) in [4.78, 5) is 32.4. The number of carbonyl (C=O) groups excluding carboxylic acids is 2. The van der Waals surface area contributed by atoms with E-state index in [1.807, 2.05) is 0 Å². The molecule has 2 amide bonds. The second-order valence-corrected chi connectivity index (χ2v) is 7.59. The van der Waals surface area contributed by atoms with Crippen LogP contribution in [0.15, 0.2) is 6.20 Å². The highest BCUT2D eigenvalue weighted by atomic mass is 32.1. The van der Waals surface area contributed by atoms with Crippen LogP contribution in [0.4, 0.5) is 5.13 Å². The quantitative estimate of drug-likeness (QED) is 0.776. The molecule has 24 heavy (non-hydrogen) atoms. The lowest BCUT2D eigenvalue weighted by molar-refractivity contribution is -0.134. The van der Waals surface area contributed by atoms with Crippen molar-refractivity contribution >= 4 is 28.3 Å². The molecule has 2 saturated heterocycles. The Bertz CT molecular complexity index is 620. The van der Waals surface area contributed by atoms with Crippen molar-refractivity contribution in [1.82, 2.24) is 20.1 Å². The zero-order valence-corrected chi connectivity index (χ0v) is 14.7. The number of amides is 2. The number of carbonyl (C=O) groups is 2. The Labute approximate surface area is 145 Å². The number of nitrogens with zero attached hydrogens (tertiary/aromatic N) is 3. The molecule has 0 bridgehead atoms. The highest BCUT2D eigenvalue weighted by molar-refractivity contribution is 7.17. The molecule has 132 valence electrons. The minimum absolute atomic E-state index is 0.0743. The minimum atomic E-state index is -0.130. The molecule has 1 aromatic rings. The normalized spacial score (nSPS) is 26.8. The van der Waals surface area contributed by atoms with Crippen molar-refractivity contribution in [3.8, 4) is 0 Å². The smallest absolute Gasteiger partial charge is 0.263 e. The zero-order valence-electron chi connectivity index (χ0n) is 13.9. The van der Waals surface area contributed by atoms with E-state index in [9.17, 15) is 9.59 Å². The molecule has 8 nitrogen and oxygen atoms in total. The number of ether oxygens (including phenoxy) is 1. The lowest BCUT2D eigenvalue weighted by atomic mass is 10.1. The van der Waals surface area contributed by atoms with Gasteiger partial charge in [-0.3, -0.25) is 14.5 Å². The molecule has 0 radical (unpaired) electrons. The molecule has 0 spiro atoms. The number of nitrogens with two attached hydrogens (primary N) is 1. The van der Waals surface area contributed by atoms with Crippen molar-refractivity contribution in [3.63, 3.8) is 0 Å². The average molecular weight is 353 g/mol. The van der Waals surface area contributed by atoms with E-state index in [0.717, 1.165) is 19.5 Å². The van der Waals surface area contributed by atoms with Crippen LogP contribution in [-0.2, 0) is 9.53 Å². The number of morpholine rings is 1. The summed E-state index contributed by atoms with van der Waals surface area (Å²) >= 11 is 1.19. The number of nitrogens with one attached hydrogen (secondary N) is 1. The van der Waals surface area contributed by atoms with Gasteiger partial charge in [0.2, 0.25) is 5.91 Å². The Balaban J connectivity index is 1.51. The first-order chi connectivity index (χ1) is 11.4. The molecule has 0 saturated carbocycles. The van der Waals surface area contributed by atoms with E-state index in [1.165, 1.54) is 17.5 Å². The van der Waals surface area contributed by atoms with Gasteiger partial charge in [0.05, 0.1) is 25.3 Å². The molecular formula is C15H23N5O3S. The van der Waals surface area contributed by atoms with Crippen LogP contribution >= 0.6 is 11.3 Å². The molecular weight excluding hydrogens is 330 g/mol. The summed E-state index contributed by atoms with van der Waals surface area (Å²) in [5.41, 5.74) is 5.57. The van der Waals surface area contributed by atoms with Crippen molar-refractivity contribution < 1.29 is 14.3 Å². The third-order valence-electron chi connectivity index (χ3n) is 4.47. The average Bonchev–Trinajstić information content (AvgIpc) is 3.12. The van der Waals surface area contributed by atoms with E-state index in [2.05, 4.69) is 15.2 Å². The van der Waals surface area contributed by atoms with Crippen LogP contribution in [-0.4, -0.2) is 78.6 Å². The zero-order chi connectivity index (χ0) is 17.3. The summed E-state index contributed by atoms with van der Waals surface area (Å²) in [6, 6.07) is 0.380. The predicted octanol–water partition coefficient (Wildman–Crippen LogP) is -0.225. The molecule has 2 aliphatic heterocycles. The Morgan fingerprint density at radius 1 is 1.50 bits per heavy atom. The topological polar surface area (TPSA) is 101 Å². The van der Waals surface area contributed by atoms with Crippen LogP contribution in [0.1, 0.15) is 22.5 Å². The Hall–Kier alpha value is -1.71. The van der Waals surface area contributed by atoms with E-state index in [1.54, 1.807) is 19.0 Å². The summed E-state index contributed by atoms with van der Waals surface area (Å²) in [5.74, 6) is -0.0559. The molecule has 3 atom stereocenters. The molecule has 9 heteroatoms. The summed E-state index contributed by atoms with van der Waals surface area (Å²) < 4.78 is 5.83. The van der Waals surface area contributed by atoms with Gasteiger partial charge in [0, 0.05) is 39.3 Å². The lowest BCUT2D eigenvalue weighted by Gasteiger charge is -2.35. The highest BCUT2D eigenvalue weighted by Crippen LogP contribution is 2.25. The van der Waals surface area contributed by atoms with Crippen LogP contribution < -0.4 is 11.1 Å². The number of anilines is 1. The predicted molar refractivity (Wildman–Crippen MR) is 90.8 cm³/mol. The van der Waals surface area contributed by atoms with Crippen LogP contribution in [0.25, 0.3) is 0 Å². The van der Waals surface area contributed by atoms with Crippen molar-refractivity contribution in [2.45, 2.75) is 31.0 Å². The summed E-state index contributed by atoms with van der Waals surface area (Å²) in [5, 5.41) is 3.44. The van der Waals surface area contributed by atoms with E-state index in [4.69, 9.17) is 10.5 Å². The van der Waals surface area contributed by atoms with Gasteiger partial charge in [0.1, 0.15) is 4.88 Å². The van der Waals surface area contributed by atoms with Gasteiger partial charge in [0.15, 0.2) is 5.13 Å². The molecule has 2 fully saturated rings. The van der Waals surface area contributed by atoms with Gasteiger partial charge in [-0.05, 0) is 6.42 Å². The fourth-order valence-corrected chi connectivity index (χ4v) is 3.78. The van der Waals surface area contributed by atoms with Crippen molar-refractivity contribution in [2.75, 3.05) is 39.5 Å².